The molecule has 0 aliphatic heterocycles. The molecule has 1 amide bonds. The van der Waals surface area contributed by atoms with Gasteiger partial charge in [0, 0.05) is 5.56 Å². The number of methoxy groups -OCH3 is 1. The molecular formula is C19H24N2O4S. The van der Waals surface area contributed by atoms with Gasteiger partial charge in [-0.15, -0.1) is 0 Å². The van der Waals surface area contributed by atoms with Crippen LogP contribution in [0, 0.1) is 6.92 Å². The zero-order valence-electron chi connectivity index (χ0n) is 15.4. The molecule has 0 bridgehead atoms. The van der Waals surface area contributed by atoms with Gasteiger partial charge in [0.2, 0.25) is 10.0 Å². The molecule has 0 aliphatic rings. The Hall–Kier alpha value is -2.38. The average molecular weight is 376 g/mol. The number of benzene rings is 2. The number of hydrogen-bond acceptors (Lipinski definition) is 4. The number of carbonyl (C=O) groups excluding carboxylic acids is 1. The van der Waals surface area contributed by atoms with E-state index in [9.17, 15) is 13.2 Å². The van der Waals surface area contributed by atoms with Crippen molar-refractivity contribution in [3.8, 4) is 5.75 Å². The molecule has 140 valence electrons. The first-order chi connectivity index (χ1) is 12.3. The molecule has 0 radical (unpaired) electrons. The number of hydrogen-bond donors (Lipinski definition) is 2. The molecular weight excluding hydrogens is 352 g/mol. The van der Waals surface area contributed by atoms with Crippen LogP contribution in [0.4, 0.5) is 0 Å². The van der Waals surface area contributed by atoms with E-state index in [0.29, 0.717) is 12.0 Å². The fourth-order valence-electron chi connectivity index (χ4n) is 2.70. The molecule has 2 aromatic rings. The lowest BCUT2D eigenvalue weighted by Crippen LogP contribution is -2.28. The molecule has 0 saturated carbocycles. The van der Waals surface area contributed by atoms with E-state index >= 15 is 0 Å². The second-order valence-corrected chi connectivity index (χ2v) is 7.79. The Morgan fingerprint density at radius 1 is 1.19 bits per heavy atom. The standard InChI is InChI=1S/C19H24N2O4S/c1-5-17(14-9-10-18(25-4)13(2)11-14)21-19(22)15-7-6-8-16(12-15)26(23,24)20-3/h6-12,17,20H,5H2,1-4H3,(H,21,22)/t17-/m1/s1. The average Bonchev–Trinajstić information content (AvgIpc) is 2.65. The van der Waals surface area contributed by atoms with E-state index in [1.165, 1.54) is 19.2 Å². The maximum absolute atomic E-state index is 12.6. The van der Waals surface area contributed by atoms with Crippen LogP contribution in [-0.2, 0) is 10.0 Å². The van der Waals surface area contributed by atoms with E-state index in [1.807, 2.05) is 32.0 Å². The molecule has 7 heteroatoms. The third-order valence-electron chi connectivity index (χ3n) is 4.21. The van der Waals surface area contributed by atoms with E-state index in [0.717, 1.165) is 16.9 Å². The van der Waals surface area contributed by atoms with Crippen LogP contribution >= 0.6 is 0 Å². The summed E-state index contributed by atoms with van der Waals surface area (Å²) in [6.45, 7) is 3.93. The molecule has 2 aromatic carbocycles. The van der Waals surface area contributed by atoms with E-state index in [-0.39, 0.29) is 16.8 Å². The Kier molecular flexibility index (Phi) is 6.39. The zero-order valence-corrected chi connectivity index (χ0v) is 16.2. The molecule has 0 spiro atoms. The minimum Gasteiger partial charge on any atom is -0.496 e. The van der Waals surface area contributed by atoms with Gasteiger partial charge in [-0.2, -0.15) is 0 Å². The molecule has 0 fully saturated rings. The van der Waals surface area contributed by atoms with Crippen molar-refractivity contribution in [3.63, 3.8) is 0 Å². The molecule has 0 heterocycles. The quantitative estimate of drug-likeness (QED) is 0.778. The molecule has 0 unspecified atom stereocenters. The number of aryl methyl sites for hydroxylation is 1. The molecule has 0 aromatic heterocycles. The van der Waals surface area contributed by atoms with Crippen LogP contribution in [0.5, 0.6) is 5.75 Å². The van der Waals surface area contributed by atoms with Crippen molar-refractivity contribution in [3.05, 3.63) is 59.2 Å². The van der Waals surface area contributed by atoms with E-state index in [1.54, 1.807) is 19.2 Å². The number of amides is 1. The summed E-state index contributed by atoms with van der Waals surface area (Å²) in [4.78, 5) is 12.7. The Balaban J connectivity index is 2.25. The molecule has 6 nitrogen and oxygen atoms in total. The van der Waals surface area contributed by atoms with Gasteiger partial charge < -0.3 is 10.1 Å². The van der Waals surface area contributed by atoms with Gasteiger partial charge in [-0.3, -0.25) is 4.79 Å². The van der Waals surface area contributed by atoms with Crippen LogP contribution in [0.1, 0.15) is 40.9 Å². The highest BCUT2D eigenvalue weighted by Gasteiger charge is 2.18. The van der Waals surface area contributed by atoms with Crippen LogP contribution in [0.3, 0.4) is 0 Å². The van der Waals surface area contributed by atoms with Gasteiger partial charge in [0.1, 0.15) is 5.75 Å². The summed E-state index contributed by atoms with van der Waals surface area (Å²) in [6, 6.07) is 11.6. The third-order valence-corrected chi connectivity index (χ3v) is 5.62. The Morgan fingerprint density at radius 2 is 1.92 bits per heavy atom. The van der Waals surface area contributed by atoms with Crippen LogP contribution in [-0.4, -0.2) is 28.5 Å². The molecule has 0 aliphatic carbocycles. The number of carbonyl (C=O) groups is 1. The minimum atomic E-state index is -3.60. The number of nitrogens with one attached hydrogen (secondary N) is 2. The number of sulfonamides is 1. The maximum atomic E-state index is 12.6. The fourth-order valence-corrected chi connectivity index (χ4v) is 3.48. The Bertz CT molecular complexity index is 894. The summed E-state index contributed by atoms with van der Waals surface area (Å²) >= 11 is 0. The fraction of sp³-hybridized carbons (Fsp3) is 0.316. The van der Waals surface area contributed by atoms with Crippen molar-refractivity contribution < 1.29 is 17.9 Å². The van der Waals surface area contributed by atoms with Gasteiger partial charge in [0.15, 0.2) is 0 Å². The van der Waals surface area contributed by atoms with E-state index < -0.39 is 10.0 Å². The lowest BCUT2D eigenvalue weighted by molar-refractivity contribution is 0.0935. The molecule has 1 atom stereocenters. The maximum Gasteiger partial charge on any atom is 0.251 e. The van der Waals surface area contributed by atoms with Crippen molar-refractivity contribution in [2.45, 2.75) is 31.2 Å². The summed E-state index contributed by atoms with van der Waals surface area (Å²) in [5.41, 5.74) is 2.25. The van der Waals surface area contributed by atoms with Crippen LogP contribution in [0.2, 0.25) is 0 Å². The topological polar surface area (TPSA) is 84.5 Å². The molecule has 0 saturated heterocycles. The highest BCUT2D eigenvalue weighted by molar-refractivity contribution is 7.89. The van der Waals surface area contributed by atoms with Crippen molar-refractivity contribution in [1.29, 1.82) is 0 Å². The van der Waals surface area contributed by atoms with Crippen molar-refractivity contribution in [1.82, 2.24) is 10.0 Å². The third kappa shape index (κ3) is 4.42. The highest BCUT2D eigenvalue weighted by atomic mass is 32.2. The minimum absolute atomic E-state index is 0.0565. The van der Waals surface area contributed by atoms with Gasteiger partial charge >= 0.3 is 0 Å². The number of ether oxygens (including phenoxy) is 1. The molecule has 2 N–H and O–H groups in total. The predicted molar refractivity (Wildman–Crippen MR) is 101 cm³/mol. The van der Waals surface area contributed by atoms with Crippen molar-refractivity contribution in [2.75, 3.05) is 14.2 Å². The van der Waals surface area contributed by atoms with Crippen molar-refractivity contribution >= 4 is 15.9 Å². The zero-order chi connectivity index (χ0) is 19.3. The molecule has 2 rings (SSSR count). The van der Waals surface area contributed by atoms with Gasteiger partial charge in [0.05, 0.1) is 18.0 Å². The summed E-state index contributed by atoms with van der Waals surface area (Å²) < 4.78 is 31.4. The monoisotopic (exact) mass is 376 g/mol. The highest BCUT2D eigenvalue weighted by Crippen LogP contribution is 2.24. The lowest BCUT2D eigenvalue weighted by Gasteiger charge is -2.19. The first-order valence-electron chi connectivity index (χ1n) is 8.31. The van der Waals surface area contributed by atoms with Crippen molar-refractivity contribution in [2.24, 2.45) is 0 Å². The first kappa shape index (κ1) is 19.9. The largest absolute Gasteiger partial charge is 0.496 e. The van der Waals surface area contributed by atoms with Gasteiger partial charge in [-0.1, -0.05) is 25.1 Å². The lowest BCUT2D eigenvalue weighted by atomic mass is 10.0. The molecule has 26 heavy (non-hydrogen) atoms. The summed E-state index contributed by atoms with van der Waals surface area (Å²) in [7, 11) is -0.645. The predicted octanol–water partition coefficient (Wildman–Crippen LogP) is 2.79. The summed E-state index contributed by atoms with van der Waals surface area (Å²) in [5, 5.41) is 2.97. The second-order valence-electron chi connectivity index (χ2n) is 5.90. The number of rotatable bonds is 7. The smallest absolute Gasteiger partial charge is 0.251 e. The first-order valence-corrected chi connectivity index (χ1v) is 9.79. The Labute approximate surface area is 154 Å². The summed E-state index contributed by atoms with van der Waals surface area (Å²) in [5.74, 6) is 0.471. The van der Waals surface area contributed by atoms with Gasteiger partial charge in [-0.25, -0.2) is 13.1 Å². The van der Waals surface area contributed by atoms with Crippen LogP contribution < -0.4 is 14.8 Å². The Morgan fingerprint density at radius 3 is 2.50 bits per heavy atom. The van der Waals surface area contributed by atoms with Crippen LogP contribution in [0.15, 0.2) is 47.4 Å². The van der Waals surface area contributed by atoms with Gasteiger partial charge in [-0.05, 0) is 55.8 Å². The van der Waals surface area contributed by atoms with E-state index in [4.69, 9.17) is 4.74 Å². The SMILES string of the molecule is CC[C@@H](NC(=O)c1cccc(S(=O)(=O)NC)c1)c1ccc(OC)c(C)c1. The van der Waals surface area contributed by atoms with Gasteiger partial charge in [0.25, 0.3) is 5.91 Å². The van der Waals surface area contributed by atoms with Crippen LogP contribution in [0.25, 0.3) is 0 Å². The second kappa shape index (κ2) is 8.33. The van der Waals surface area contributed by atoms with E-state index in [2.05, 4.69) is 10.0 Å². The normalized spacial score (nSPS) is 12.5. The summed E-state index contributed by atoms with van der Waals surface area (Å²) in [6.07, 6.45) is 0.700.